The van der Waals surface area contributed by atoms with Gasteiger partial charge in [0.2, 0.25) is 0 Å². The van der Waals surface area contributed by atoms with Crippen molar-refractivity contribution in [2.24, 2.45) is 5.73 Å². The highest BCUT2D eigenvalue weighted by molar-refractivity contribution is 5.73. The molecule has 0 saturated carbocycles. The minimum absolute atomic E-state index is 1.41. The number of aliphatic hydroxyl groups excluding tert-OH is 1. The van der Waals surface area contributed by atoms with Crippen LogP contribution in [0.15, 0.2) is 0 Å². The molecule has 0 aliphatic heterocycles. The predicted molar refractivity (Wildman–Crippen MR) is 27.3 cm³/mol. The molecular weight excluding hydrogens is 110 g/mol. The quantitative estimate of drug-likeness (QED) is 0.427. The molecule has 0 saturated heterocycles. The van der Waals surface area contributed by atoms with E-state index in [0.717, 1.165) is 0 Å². The molecule has 0 rings (SSSR count). The number of carboxylic acid groups (broad SMARTS) is 1. The predicted octanol–water partition coefficient (Wildman–Crippen LogP) is -1.22. The summed E-state index contributed by atoms with van der Waals surface area (Å²) in [6.07, 6.45) is -1.63. The Morgan fingerprint density at radius 1 is 2.00 bits per heavy atom. The SMILES string of the molecule is [2H]C([2H])[C@@H](O)[C@H](N)C(=O)O. The fraction of sp³-hybridized carbons (Fsp3) is 0.750. The Morgan fingerprint density at radius 3 is 2.62 bits per heavy atom. The largest absolute Gasteiger partial charge is 0.480 e. The first-order chi connectivity index (χ1) is 4.46. The molecule has 4 nitrogen and oxygen atoms in total. The molecule has 0 bridgehead atoms. The topological polar surface area (TPSA) is 83.5 Å². The number of hydrogen-bond acceptors (Lipinski definition) is 3. The van der Waals surface area contributed by atoms with E-state index in [1.54, 1.807) is 0 Å². The second-order valence-electron chi connectivity index (χ2n) is 1.35. The molecule has 4 N–H and O–H groups in total. The summed E-state index contributed by atoms with van der Waals surface area (Å²) >= 11 is 0. The third kappa shape index (κ3) is 1.90. The van der Waals surface area contributed by atoms with Crippen LogP contribution < -0.4 is 5.73 Å². The van der Waals surface area contributed by atoms with Crippen molar-refractivity contribution in [3.8, 4) is 0 Å². The molecule has 48 valence electrons. The number of nitrogens with two attached hydrogens (primary N) is 1. The smallest absolute Gasteiger partial charge is 0.323 e. The van der Waals surface area contributed by atoms with Crippen LogP contribution >= 0.6 is 0 Å². The molecule has 0 aliphatic carbocycles. The van der Waals surface area contributed by atoms with Gasteiger partial charge in [0.05, 0.1) is 6.10 Å². The lowest BCUT2D eigenvalue weighted by Crippen LogP contribution is -2.39. The van der Waals surface area contributed by atoms with Crippen molar-refractivity contribution in [1.82, 2.24) is 0 Å². The maximum absolute atomic E-state index is 9.99. The first-order valence-electron chi connectivity index (χ1n) is 3.13. The van der Waals surface area contributed by atoms with Gasteiger partial charge in [0.15, 0.2) is 0 Å². The molecule has 0 amide bonds. The van der Waals surface area contributed by atoms with E-state index in [4.69, 9.17) is 18.7 Å². The zero-order valence-electron chi connectivity index (χ0n) is 6.11. The van der Waals surface area contributed by atoms with Crippen molar-refractivity contribution < 1.29 is 17.7 Å². The number of hydrogen-bond donors (Lipinski definition) is 3. The van der Waals surface area contributed by atoms with Crippen molar-refractivity contribution >= 4 is 5.97 Å². The van der Waals surface area contributed by atoms with Gasteiger partial charge in [-0.15, -0.1) is 0 Å². The van der Waals surface area contributed by atoms with Crippen LogP contribution in [0.3, 0.4) is 0 Å². The first kappa shape index (κ1) is 4.29. The standard InChI is InChI=1S/C4H9NO3/c1-2(6)3(5)4(7)8/h2-3,6H,5H2,1H3,(H,7,8)/t2-,3+/m1/s1/i1D2. The van der Waals surface area contributed by atoms with Crippen LogP contribution in [0.2, 0.25) is 0 Å². The van der Waals surface area contributed by atoms with Crippen LogP contribution in [-0.2, 0) is 4.79 Å². The minimum atomic E-state index is -1.63. The molecule has 0 spiro atoms. The fourth-order valence-corrected chi connectivity index (χ4v) is 0.146. The number of aliphatic hydroxyl groups is 1. The van der Waals surface area contributed by atoms with Crippen molar-refractivity contribution in [2.75, 3.05) is 0 Å². The lowest BCUT2D eigenvalue weighted by Gasteiger charge is -2.06. The number of carbonyl (C=O) groups is 1. The average Bonchev–Trinajstić information content (AvgIpc) is 1.84. The van der Waals surface area contributed by atoms with Crippen molar-refractivity contribution in [2.45, 2.75) is 19.0 Å². The molecule has 4 heteroatoms. The van der Waals surface area contributed by atoms with E-state index < -0.39 is 25.0 Å². The fourth-order valence-electron chi connectivity index (χ4n) is 0.146. The van der Waals surface area contributed by atoms with Gasteiger partial charge in [0.1, 0.15) is 6.04 Å². The molecule has 0 radical (unpaired) electrons. The Morgan fingerprint density at radius 2 is 2.50 bits per heavy atom. The molecule has 0 fully saturated rings. The van der Waals surface area contributed by atoms with Gasteiger partial charge in [-0.2, -0.15) is 0 Å². The summed E-state index contributed by atoms with van der Waals surface area (Å²) in [6.45, 7) is -1.62. The van der Waals surface area contributed by atoms with Crippen molar-refractivity contribution in [3.05, 3.63) is 0 Å². The zero-order valence-corrected chi connectivity index (χ0v) is 4.11. The Bertz CT molecular complexity index is 130. The Hall–Kier alpha value is -0.610. The highest BCUT2D eigenvalue weighted by Crippen LogP contribution is 1.85. The Kier molecular flexibility index (Phi) is 1.41. The maximum Gasteiger partial charge on any atom is 0.323 e. The van der Waals surface area contributed by atoms with Gasteiger partial charge < -0.3 is 15.9 Å². The summed E-state index contributed by atoms with van der Waals surface area (Å²) in [7, 11) is 0. The summed E-state index contributed by atoms with van der Waals surface area (Å²) in [5.41, 5.74) is 4.87. The third-order valence-corrected chi connectivity index (χ3v) is 0.653. The van der Waals surface area contributed by atoms with Crippen LogP contribution in [0.25, 0.3) is 0 Å². The van der Waals surface area contributed by atoms with Crippen LogP contribution in [0, 0.1) is 0 Å². The number of rotatable bonds is 2. The monoisotopic (exact) mass is 121 g/mol. The summed E-state index contributed by atoms with van der Waals surface area (Å²) in [4.78, 5) is 9.99. The van der Waals surface area contributed by atoms with E-state index >= 15 is 0 Å². The van der Waals surface area contributed by atoms with E-state index in [2.05, 4.69) is 0 Å². The van der Waals surface area contributed by atoms with E-state index in [9.17, 15) is 4.79 Å². The van der Waals surface area contributed by atoms with Gasteiger partial charge >= 0.3 is 5.97 Å². The summed E-state index contributed by atoms with van der Waals surface area (Å²) in [5.74, 6) is -1.41. The normalized spacial score (nSPS) is 21.4. The molecule has 0 aliphatic rings. The lowest BCUT2D eigenvalue weighted by atomic mass is 10.2. The molecule has 0 aromatic carbocycles. The van der Waals surface area contributed by atoms with Gasteiger partial charge in [-0.3, -0.25) is 4.79 Å². The van der Waals surface area contributed by atoms with Crippen molar-refractivity contribution in [3.63, 3.8) is 0 Å². The first-order valence-corrected chi connectivity index (χ1v) is 1.97. The lowest BCUT2D eigenvalue weighted by molar-refractivity contribution is -0.140. The van der Waals surface area contributed by atoms with E-state index in [1.165, 1.54) is 0 Å². The van der Waals surface area contributed by atoms with Crippen LogP contribution in [0.4, 0.5) is 0 Å². The van der Waals surface area contributed by atoms with Crippen LogP contribution in [-0.4, -0.2) is 28.3 Å². The van der Waals surface area contributed by atoms with Gasteiger partial charge in [0.25, 0.3) is 0 Å². The Labute approximate surface area is 49.7 Å². The molecule has 0 heterocycles. The number of aliphatic carboxylic acids is 1. The highest BCUT2D eigenvalue weighted by atomic mass is 16.4. The van der Waals surface area contributed by atoms with Crippen LogP contribution in [0.5, 0.6) is 0 Å². The van der Waals surface area contributed by atoms with E-state index in [0.29, 0.717) is 0 Å². The minimum Gasteiger partial charge on any atom is -0.480 e. The second-order valence-corrected chi connectivity index (χ2v) is 1.35. The molecule has 8 heavy (non-hydrogen) atoms. The summed E-state index contributed by atoms with van der Waals surface area (Å²) < 4.78 is 13.2. The average molecular weight is 121 g/mol. The van der Waals surface area contributed by atoms with Gasteiger partial charge in [-0.25, -0.2) is 0 Å². The molecule has 0 aromatic rings. The molecular formula is C4H9NO3. The molecule has 2 atom stereocenters. The van der Waals surface area contributed by atoms with E-state index in [-0.39, 0.29) is 0 Å². The molecule has 0 aromatic heterocycles. The Balaban J connectivity index is 3.94. The summed E-state index contributed by atoms with van der Waals surface area (Å²) in [6, 6.07) is -1.54. The van der Waals surface area contributed by atoms with Crippen LogP contribution in [0.1, 0.15) is 9.62 Å². The summed E-state index contributed by atoms with van der Waals surface area (Å²) in [5, 5.41) is 16.8. The van der Waals surface area contributed by atoms with Gasteiger partial charge in [0, 0.05) is 2.74 Å². The third-order valence-electron chi connectivity index (χ3n) is 0.653. The van der Waals surface area contributed by atoms with Gasteiger partial charge in [-0.1, -0.05) is 0 Å². The highest BCUT2D eigenvalue weighted by Gasteiger charge is 2.16. The maximum atomic E-state index is 9.99. The zero-order chi connectivity index (χ0) is 8.31. The molecule has 0 unspecified atom stereocenters. The van der Waals surface area contributed by atoms with Crippen molar-refractivity contribution in [1.29, 1.82) is 0 Å². The van der Waals surface area contributed by atoms with Gasteiger partial charge in [-0.05, 0) is 6.88 Å². The second kappa shape index (κ2) is 2.64. The number of carboxylic acids is 1. The van der Waals surface area contributed by atoms with E-state index in [1.807, 2.05) is 0 Å².